The van der Waals surface area contributed by atoms with Gasteiger partial charge in [-0.25, -0.2) is 0 Å². The second-order valence-corrected chi connectivity index (χ2v) is 8.31. The molecule has 8 heteroatoms. The Labute approximate surface area is 175 Å². The van der Waals surface area contributed by atoms with Crippen LogP contribution >= 0.6 is 11.8 Å². The standard InChI is InChI=1S/C21H27N5O2S/c1-5-11-26-20(16-9-10-16)23-24-21(26)29-13-18(28)25(4)12-17(27)22-19-14(2)7-6-8-15(19)3/h5-8,16H,1,9-13H2,2-4H3,(H,22,27). The van der Waals surface area contributed by atoms with Gasteiger partial charge in [0.25, 0.3) is 0 Å². The van der Waals surface area contributed by atoms with E-state index in [9.17, 15) is 9.59 Å². The first kappa shape index (κ1) is 21.1. The van der Waals surface area contributed by atoms with Gasteiger partial charge in [-0.15, -0.1) is 16.8 Å². The third kappa shape index (κ3) is 5.26. The minimum Gasteiger partial charge on any atom is -0.336 e. The van der Waals surface area contributed by atoms with Gasteiger partial charge in [-0.2, -0.15) is 0 Å². The van der Waals surface area contributed by atoms with Crippen molar-refractivity contribution in [2.45, 2.75) is 44.3 Å². The van der Waals surface area contributed by atoms with E-state index in [4.69, 9.17) is 0 Å². The second kappa shape index (κ2) is 9.26. The number of aryl methyl sites for hydroxylation is 2. The maximum atomic E-state index is 12.5. The second-order valence-electron chi connectivity index (χ2n) is 7.37. The number of carbonyl (C=O) groups excluding carboxylic acids is 2. The van der Waals surface area contributed by atoms with Crippen LogP contribution in [0.5, 0.6) is 0 Å². The molecule has 1 N–H and O–H groups in total. The number of aromatic nitrogens is 3. The van der Waals surface area contributed by atoms with Crippen LogP contribution in [0.3, 0.4) is 0 Å². The van der Waals surface area contributed by atoms with Gasteiger partial charge in [-0.3, -0.25) is 9.59 Å². The van der Waals surface area contributed by atoms with Gasteiger partial charge in [0.2, 0.25) is 11.8 Å². The van der Waals surface area contributed by atoms with Crippen molar-refractivity contribution in [3.63, 3.8) is 0 Å². The first-order valence-corrected chi connectivity index (χ1v) is 10.7. The highest BCUT2D eigenvalue weighted by molar-refractivity contribution is 7.99. The fourth-order valence-corrected chi connectivity index (χ4v) is 3.98. The normalized spacial score (nSPS) is 13.2. The van der Waals surface area contributed by atoms with Crippen molar-refractivity contribution in [1.29, 1.82) is 0 Å². The third-order valence-electron chi connectivity index (χ3n) is 4.88. The van der Waals surface area contributed by atoms with E-state index in [1.165, 1.54) is 16.7 Å². The molecular formula is C21H27N5O2S. The Bertz CT molecular complexity index is 900. The van der Waals surface area contributed by atoms with Crippen molar-refractivity contribution in [2.75, 3.05) is 24.7 Å². The number of carbonyl (C=O) groups is 2. The zero-order valence-corrected chi connectivity index (χ0v) is 18.0. The van der Waals surface area contributed by atoms with Crippen LogP contribution in [0.1, 0.15) is 35.7 Å². The monoisotopic (exact) mass is 413 g/mol. The highest BCUT2D eigenvalue weighted by atomic mass is 32.2. The van der Waals surface area contributed by atoms with Crippen molar-refractivity contribution in [3.05, 3.63) is 47.8 Å². The summed E-state index contributed by atoms with van der Waals surface area (Å²) in [6.45, 7) is 8.32. The lowest BCUT2D eigenvalue weighted by molar-refractivity contribution is -0.131. The summed E-state index contributed by atoms with van der Waals surface area (Å²) in [7, 11) is 1.64. The molecule has 1 aliphatic rings. The van der Waals surface area contributed by atoms with E-state index in [1.54, 1.807) is 7.05 Å². The van der Waals surface area contributed by atoms with Crippen LogP contribution in [0.4, 0.5) is 5.69 Å². The molecule has 2 aromatic rings. The number of benzene rings is 1. The average Bonchev–Trinajstić information content (AvgIpc) is 3.45. The predicted octanol–water partition coefficient (Wildman–Crippen LogP) is 3.15. The van der Waals surface area contributed by atoms with Crippen molar-refractivity contribution in [3.8, 4) is 0 Å². The topological polar surface area (TPSA) is 80.1 Å². The Morgan fingerprint density at radius 1 is 1.31 bits per heavy atom. The molecule has 29 heavy (non-hydrogen) atoms. The van der Waals surface area contributed by atoms with Gasteiger partial charge in [0, 0.05) is 25.2 Å². The fraction of sp³-hybridized carbons (Fsp3) is 0.429. The molecule has 154 valence electrons. The SMILES string of the molecule is C=CCn1c(SCC(=O)N(C)CC(=O)Nc2c(C)cccc2C)nnc1C1CC1. The van der Waals surface area contributed by atoms with Crippen molar-refractivity contribution < 1.29 is 9.59 Å². The van der Waals surface area contributed by atoms with Gasteiger partial charge >= 0.3 is 0 Å². The van der Waals surface area contributed by atoms with Crippen molar-refractivity contribution in [2.24, 2.45) is 0 Å². The van der Waals surface area contributed by atoms with E-state index in [2.05, 4.69) is 22.1 Å². The molecule has 1 heterocycles. The molecule has 1 aliphatic carbocycles. The molecule has 3 rings (SSSR count). The van der Waals surface area contributed by atoms with Crippen LogP contribution in [-0.2, 0) is 16.1 Å². The Kier molecular flexibility index (Phi) is 6.74. The number of rotatable bonds is 9. The number of nitrogens with zero attached hydrogens (tertiary/aromatic N) is 4. The van der Waals surface area contributed by atoms with Crippen LogP contribution in [-0.4, -0.2) is 50.8 Å². The third-order valence-corrected chi connectivity index (χ3v) is 5.83. The molecule has 1 aromatic heterocycles. The Balaban J connectivity index is 1.54. The molecule has 0 spiro atoms. The molecule has 0 bridgehead atoms. The molecule has 0 radical (unpaired) electrons. The average molecular weight is 414 g/mol. The smallest absolute Gasteiger partial charge is 0.243 e. The number of allylic oxidation sites excluding steroid dienone is 1. The van der Waals surface area contributed by atoms with E-state index in [0.29, 0.717) is 17.6 Å². The van der Waals surface area contributed by atoms with Crippen LogP contribution in [0.25, 0.3) is 0 Å². The number of hydrogen-bond donors (Lipinski definition) is 1. The fourth-order valence-electron chi connectivity index (χ4n) is 3.08. The van der Waals surface area contributed by atoms with E-state index >= 15 is 0 Å². The summed E-state index contributed by atoms with van der Waals surface area (Å²) in [5.74, 6) is 1.31. The molecule has 2 amide bonds. The number of nitrogens with one attached hydrogen (secondary N) is 1. The zero-order chi connectivity index (χ0) is 21.0. The summed E-state index contributed by atoms with van der Waals surface area (Å²) in [4.78, 5) is 26.3. The lowest BCUT2D eigenvalue weighted by atomic mass is 10.1. The highest BCUT2D eigenvalue weighted by Crippen LogP contribution is 2.40. The molecule has 7 nitrogen and oxygen atoms in total. The van der Waals surface area contributed by atoms with Gasteiger partial charge in [0.15, 0.2) is 5.16 Å². The van der Waals surface area contributed by atoms with Crippen LogP contribution in [0, 0.1) is 13.8 Å². The van der Waals surface area contributed by atoms with Crippen LogP contribution < -0.4 is 5.32 Å². The maximum Gasteiger partial charge on any atom is 0.243 e. The predicted molar refractivity (Wildman–Crippen MR) is 115 cm³/mol. The van der Waals surface area contributed by atoms with Gasteiger partial charge in [0.1, 0.15) is 5.82 Å². The molecule has 1 saturated carbocycles. The number of amides is 2. The molecule has 0 saturated heterocycles. The summed E-state index contributed by atoms with van der Waals surface area (Å²) in [5.41, 5.74) is 2.80. The number of thioether (sulfide) groups is 1. The summed E-state index contributed by atoms with van der Waals surface area (Å²) in [5, 5.41) is 12.2. The molecule has 0 aliphatic heterocycles. The summed E-state index contributed by atoms with van der Waals surface area (Å²) in [6.07, 6.45) is 4.08. The number of likely N-dealkylation sites (N-methyl/N-ethyl adjacent to an activating group) is 1. The maximum absolute atomic E-state index is 12.5. The number of para-hydroxylation sites is 1. The Hall–Kier alpha value is -2.61. The van der Waals surface area contributed by atoms with Crippen LogP contribution in [0.2, 0.25) is 0 Å². The van der Waals surface area contributed by atoms with E-state index in [-0.39, 0.29) is 24.1 Å². The van der Waals surface area contributed by atoms with Gasteiger partial charge < -0.3 is 14.8 Å². The summed E-state index contributed by atoms with van der Waals surface area (Å²) < 4.78 is 2.02. The number of hydrogen-bond acceptors (Lipinski definition) is 5. The Morgan fingerprint density at radius 3 is 2.62 bits per heavy atom. The van der Waals surface area contributed by atoms with E-state index < -0.39 is 0 Å². The molecule has 0 unspecified atom stereocenters. The van der Waals surface area contributed by atoms with Crippen molar-refractivity contribution in [1.82, 2.24) is 19.7 Å². The molecule has 0 atom stereocenters. The van der Waals surface area contributed by atoms with Gasteiger partial charge in [-0.1, -0.05) is 36.0 Å². The van der Waals surface area contributed by atoms with Crippen molar-refractivity contribution >= 4 is 29.3 Å². The summed E-state index contributed by atoms with van der Waals surface area (Å²) >= 11 is 1.34. The van der Waals surface area contributed by atoms with Gasteiger partial charge in [-0.05, 0) is 37.8 Å². The largest absolute Gasteiger partial charge is 0.336 e. The molecular weight excluding hydrogens is 386 g/mol. The quantitative estimate of drug-likeness (QED) is 0.505. The van der Waals surface area contributed by atoms with Gasteiger partial charge in [0.05, 0.1) is 12.3 Å². The highest BCUT2D eigenvalue weighted by Gasteiger charge is 2.30. The minimum atomic E-state index is -0.214. The summed E-state index contributed by atoms with van der Waals surface area (Å²) in [6, 6.07) is 5.85. The first-order valence-electron chi connectivity index (χ1n) is 9.67. The van der Waals surface area contributed by atoms with Crippen LogP contribution in [0.15, 0.2) is 36.0 Å². The number of anilines is 1. The lowest BCUT2D eigenvalue weighted by Crippen LogP contribution is -2.36. The lowest BCUT2D eigenvalue weighted by Gasteiger charge is -2.18. The van der Waals surface area contributed by atoms with E-state index in [0.717, 1.165) is 35.5 Å². The molecule has 1 fully saturated rings. The Morgan fingerprint density at radius 2 is 2.00 bits per heavy atom. The minimum absolute atomic E-state index is 0.000159. The van der Waals surface area contributed by atoms with E-state index in [1.807, 2.05) is 42.7 Å². The molecule has 1 aromatic carbocycles. The first-order chi connectivity index (χ1) is 13.9. The zero-order valence-electron chi connectivity index (χ0n) is 17.1.